The molecule has 0 radical (unpaired) electrons. The second kappa shape index (κ2) is 6.80. The van der Waals surface area contributed by atoms with E-state index < -0.39 is 5.97 Å². The summed E-state index contributed by atoms with van der Waals surface area (Å²) in [5.41, 5.74) is 0.774. The minimum absolute atomic E-state index is 0.191. The van der Waals surface area contributed by atoms with E-state index in [2.05, 4.69) is 20.5 Å². The van der Waals surface area contributed by atoms with Crippen molar-refractivity contribution >= 4 is 17.4 Å². The highest BCUT2D eigenvalue weighted by Gasteiger charge is 2.19. The lowest BCUT2D eigenvalue weighted by atomic mass is 9.93. The van der Waals surface area contributed by atoms with Gasteiger partial charge in [0.05, 0.1) is 5.69 Å². The highest BCUT2D eigenvalue weighted by molar-refractivity contribution is 5.66. The van der Waals surface area contributed by atoms with Gasteiger partial charge in [0.25, 0.3) is 0 Å². The SMILES string of the molecule is CC(C)(C)c1cn2c(=O)[nH]nc2c(NCCCCCC(=O)O)n1. The zero-order chi connectivity index (χ0) is 17.0. The zero-order valence-electron chi connectivity index (χ0n) is 13.7. The number of carboxylic acid groups (broad SMARTS) is 1. The molecule has 0 atom stereocenters. The van der Waals surface area contributed by atoms with Crippen molar-refractivity contribution in [2.45, 2.75) is 51.9 Å². The maximum absolute atomic E-state index is 11.8. The Labute approximate surface area is 133 Å². The molecule has 0 aliphatic carbocycles. The summed E-state index contributed by atoms with van der Waals surface area (Å²) in [5, 5.41) is 18.2. The van der Waals surface area contributed by atoms with Crippen LogP contribution in [-0.2, 0) is 10.2 Å². The summed E-state index contributed by atoms with van der Waals surface area (Å²) < 4.78 is 1.46. The van der Waals surface area contributed by atoms with Gasteiger partial charge in [-0.1, -0.05) is 27.2 Å². The van der Waals surface area contributed by atoms with Crippen molar-refractivity contribution < 1.29 is 9.90 Å². The van der Waals surface area contributed by atoms with E-state index in [0.29, 0.717) is 24.4 Å². The number of nitrogens with zero attached hydrogens (tertiary/aromatic N) is 3. The second-order valence-corrected chi connectivity index (χ2v) is 6.58. The Hall–Kier alpha value is -2.38. The van der Waals surface area contributed by atoms with Gasteiger partial charge in [-0.2, -0.15) is 0 Å². The minimum atomic E-state index is -0.768. The fraction of sp³-hybridized carbons (Fsp3) is 0.600. The maximum atomic E-state index is 11.8. The van der Waals surface area contributed by atoms with Crippen LogP contribution in [0.25, 0.3) is 5.65 Å². The first kappa shape index (κ1) is 17.0. The molecule has 2 rings (SSSR count). The highest BCUT2D eigenvalue weighted by Crippen LogP contribution is 2.22. The number of unbranched alkanes of at least 4 members (excludes halogenated alkanes) is 2. The van der Waals surface area contributed by atoms with Crippen molar-refractivity contribution in [3.05, 3.63) is 22.4 Å². The first-order valence-electron chi connectivity index (χ1n) is 7.73. The van der Waals surface area contributed by atoms with Crippen molar-refractivity contribution in [1.82, 2.24) is 19.6 Å². The Balaban J connectivity index is 2.10. The van der Waals surface area contributed by atoms with Crippen LogP contribution in [0.5, 0.6) is 0 Å². The van der Waals surface area contributed by atoms with E-state index in [-0.39, 0.29) is 17.5 Å². The molecule has 0 saturated carbocycles. The number of hydrogen-bond acceptors (Lipinski definition) is 5. The van der Waals surface area contributed by atoms with Crippen LogP contribution < -0.4 is 11.0 Å². The number of aliphatic carboxylic acids is 1. The summed E-state index contributed by atoms with van der Waals surface area (Å²) in [6, 6.07) is 0. The Morgan fingerprint density at radius 3 is 2.74 bits per heavy atom. The van der Waals surface area contributed by atoms with Crippen LogP contribution >= 0.6 is 0 Å². The molecule has 126 valence electrons. The van der Waals surface area contributed by atoms with E-state index in [1.165, 1.54) is 4.40 Å². The van der Waals surface area contributed by atoms with Gasteiger partial charge in [0.15, 0.2) is 5.82 Å². The van der Waals surface area contributed by atoms with Crippen LogP contribution in [0, 0.1) is 0 Å². The predicted molar refractivity (Wildman–Crippen MR) is 86.9 cm³/mol. The molecular formula is C15H23N5O3. The first-order chi connectivity index (χ1) is 10.8. The van der Waals surface area contributed by atoms with E-state index in [9.17, 15) is 9.59 Å². The summed E-state index contributed by atoms with van der Waals surface area (Å²) in [4.78, 5) is 26.9. The molecule has 0 bridgehead atoms. The van der Waals surface area contributed by atoms with E-state index in [1.54, 1.807) is 6.20 Å². The first-order valence-corrected chi connectivity index (χ1v) is 7.73. The number of anilines is 1. The van der Waals surface area contributed by atoms with Gasteiger partial charge >= 0.3 is 11.7 Å². The van der Waals surface area contributed by atoms with Gasteiger partial charge in [0.2, 0.25) is 5.65 Å². The molecule has 0 aliphatic heterocycles. The molecular weight excluding hydrogens is 298 g/mol. The number of carboxylic acids is 1. The van der Waals surface area contributed by atoms with Gasteiger partial charge < -0.3 is 10.4 Å². The predicted octanol–water partition coefficient (Wildman–Crippen LogP) is 1.77. The van der Waals surface area contributed by atoms with Gasteiger partial charge in [0.1, 0.15) is 0 Å². The average molecular weight is 321 g/mol. The van der Waals surface area contributed by atoms with E-state index >= 15 is 0 Å². The molecule has 0 saturated heterocycles. The zero-order valence-corrected chi connectivity index (χ0v) is 13.7. The summed E-state index contributed by atoms with van der Waals surface area (Å²) >= 11 is 0. The third kappa shape index (κ3) is 4.30. The molecule has 0 aromatic carbocycles. The summed E-state index contributed by atoms with van der Waals surface area (Å²) in [6.45, 7) is 6.74. The van der Waals surface area contributed by atoms with Crippen LogP contribution in [0.3, 0.4) is 0 Å². The molecule has 0 unspecified atom stereocenters. The van der Waals surface area contributed by atoms with E-state index in [4.69, 9.17) is 5.11 Å². The average Bonchev–Trinajstić information content (AvgIpc) is 2.83. The molecule has 2 aromatic rings. The van der Waals surface area contributed by atoms with Gasteiger partial charge in [0, 0.05) is 24.6 Å². The quantitative estimate of drug-likeness (QED) is 0.670. The highest BCUT2D eigenvalue weighted by atomic mass is 16.4. The number of aromatic amines is 1. The molecule has 3 N–H and O–H groups in total. The Kier molecular flexibility index (Phi) is 5.02. The molecule has 0 spiro atoms. The van der Waals surface area contributed by atoms with Crippen molar-refractivity contribution in [2.75, 3.05) is 11.9 Å². The Morgan fingerprint density at radius 2 is 2.09 bits per heavy atom. The van der Waals surface area contributed by atoms with E-state index in [1.807, 2.05) is 20.8 Å². The van der Waals surface area contributed by atoms with Crippen molar-refractivity contribution in [1.29, 1.82) is 0 Å². The lowest BCUT2D eigenvalue weighted by Crippen LogP contribution is -2.19. The van der Waals surface area contributed by atoms with Crippen molar-refractivity contribution in [2.24, 2.45) is 0 Å². The molecule has 8 nitrogen and oxygen atoms in total. The third-order valence-corrected chi connectivity index (χ3v) is 3.53. The Bertz CT molecular complexity index is 742. The number of hydrogen-bond donors (Lipinski definition) is 3. The van der Waals surface area contributed by atoms with Gasteiger partial charge in [-0.3, -0.25) is 4.79 Å². The van der Waals surface area contributed by atoms with Crippen LogP contribution in [0.2, 0.25) is 0 Å². The lowest BCUT2D eigenvalue weighted by Gasteiger charge is -2.19. The standard InChI is InChI=1S/C15H23N5O3/c1-15(2,3)10-9-20-13(18-19-14(20)23)12(17-10)16-8-6-4-5-7-11(21)22/h9H,4-8H2,1-3H3,(H,16,17)(H,19,23)(H,21,22). The van der Waals surface area contributed by atoms with Crippen molar-refractivity contribution in [3.63, 3.8) is 0 Å². The van der Waals surface area contributed by atoms with Gasteiger partial charge in [-0.05, 0) is 12.8 Å². The smallest absolute Gasteiger partial charge is 0.347 e. The molecule has 0 aliphatic rings. The van der Waals surface area contributed by atoms with E-state index in [0.717, 1.165) is 18.5 Å². The molecule has 2 aromatic heterocycles. The van der Waals surface area contributed by atoms with Crippen LogP contribution in [0.4, 0.5) is 5.82 Å². The maximum Gasteiger partial charge on any atom is 0.347 e. The molecule has 23 heavy (non-hydrogen) atoms. The summed E-state index contributed by atoms with van der Waals surface area (Å²) in [7, 11) is 0. The molecule has 0 amide bonds. The lowest BCUT2D eigenvalue weighted by molar-refractivity contribution is -0.137. The molecule has 8 heteroatoms. The third-order valence-electron chi connectivity index (χ3n) is 3.53. The van der Waals surface area contributed by atoms with Crippen LogP contribution in [-0.4, -0.2) is 37.2 Å². The monoisotopic (exact) mass is 321 g/mol. The van der Waals surface area contributed by atoms with Gasteiger partial charge in [-0.15, -0.1) is 5.10 Å². The molecule has 2 heterocycles. The number of rotatable bonds is 7. The summed E-state index contributed by atoms with van der Waals surface area (Å²) in [6.07, 6.45) is 4.21. The minimum Gasteiger partial charge on any atom is -0.481 e. The second-order valence-electron chi connectivity index (χ2n) is 6.58. The molecule has 0 fully saturated rings. The summed E-state index contributed by atoms with van der Waals surface area (Å²) in [5.74, 6) is -0.205. The number of aromatic nitrogens is 4. The largest absolute Gasteiger partial charge is 0.481 e. The van der Waals surface area contributed by atoms with Gasteiger partial charge in [-0.25, -0.2) is 19.3 Å². The van der Waals surface area contributed by atoms with Crippen LogP contribution in [0.1, 0.15) is 52.1 Å². The fourth-order valence-electron chi connectivity index (χ4n) is 2.18. The number of fused-ring (bicyclic) bond motifs is 1. The normalized spacial score (nSPS) is 11.8. The number of H-pyrrole nitrogens is 1. The topological polar surface area (TPSA) is 112 Å². The Morgan fingerprint density at radius 1 is 1.35 bits per heavy atom. The van der Waals surface area contributed by atoms with Crippen molar-refractivity contribution in [3.8, 4) is 0 Å². The van der Waals surface area contributed by atoms with Crippen LogP contribution in [0.15, 0.2) is 11.0 Å². The number of nitrogens with one attached hydrogen (secondary N) is 2. The fourth-order valence-corrected chi connectivity index (χ4v) is 2.18. The number of carbonyl (C=O) groups is 1.